The number of anilines is 2. The Balaban J connectivity index is 0.970. The van der Waals surface area contributed by atoms with Gasteiger partial charge in [-0.25, -0.2) is 0 Å². The van der Waals surface area contributed by atoms with E-state index < -0.39 is 65.2 Å². The second-order valence-corrected chi connectivity index (χ2v) is 16.2. The van der Waals surface area contributed by atoms with Crippen molar-refractivity contribution in [2.24, 2.45) is 5.92 Å². The zero-order valence-electron chi connectivity index (χ0n) is 32.0. The van der Waals surface area contributed by atoms with Crippen LogP contribution in [0.2, 0.25) is 0 Å². The van der Waals surface area contributed by atoms with Crippen LogP contribution < -0.4 is 15.5 Å². The highest BCUT2D eigenvalue weighted by Crippen LogP contribution is 2.42. The van der Waals surface area contributed by atoms with E-state index in [1.165, 1.54) is 18.3 Å². The van der Waals surface area contributed by atoms with Crippen molar-refractivity contribution in [3.8, 4) is 6.07 Å². The molecule has 12 nitrogen and oxygen atoms in total. The van der Waals surface area contributed by atoms with Gasteiger partial charge in [0.05, 0.1) is 52.9 Å². The lowest BCUT2D eigenvalue weighted by Gasteiger charge is -2.42. The van der Waals surface area contributed by atoms with Gasteiger partial charge >= 0.3 is 12.4 Å². The average Bonchev–Trinajstić information content (AvgIpc) is 3.33. The van der Waals surface area contributed by atoms with Crippen molar-refractivity contribution in [2.75, 3.05) is 42.9 Å². The highest BCUT2D eigenvalue weighted by atomic mass is 32.1. The van der Waals surface area contributed by atoms with Crippen LogP contribution in [0.5, 0.6) is 0 Å². The smallest absolute Gasteiger partial charge is 0.331 e. The number of nitrogens with zero attached hydrogens (tertiary/aromatic N) is 6. The largest absolute Gasteiger partial charge is 0.417 e. The van der Waals surface area contributed by atoms with Crippen LogP contribution in [-0.4, -0.2) is 105 Å². The summed E-state index contributed by atoms with van der Waals surface area (Å²) in [6.07, 6.45) is -3.18. The maximum atomic E-state index is 14.3. The molecule has 312 valence electrons. The Morgan fingerprint density at radius 3 is 2.38 bits per heavy atom. The highest BCUT2D eigenvalue weighted by Gasteiger charge is 2.53. The summed E-state index contributed by atoms with van der Waals surface area (Å²) >= 11 is 5.70. The summed E-state index contributed by atoms with van der Waals surface area (Å²) in [4.78, 5) is 60.0. The Kier molecular flexibility index (Phi) is 12.5. The van der Waals surface area contributed by atoms with Gasteiger partial charge in [0, 0.05) is 32.1 Å². The normalized spacial score (nSPS) is 24.8. The first kappa shape index (κ1) is 42.9. The van der Waals surface area contributed by atoms with Crippen molar-refractivity contribution in [2.45, 2.75) is 101 Å². The third-order valence-electron chi connectivity index (χ3n) is 11.6. The Morgan fingerprint density at radius 1 is 1.03 bits per heavy atom. The van der Waals surface area contributed by atoms with E-state index in [9.17, 15) is 50.8 Å². The number of thiocarbonyl (C=S) groups is 1. The zero-order chi connectivity index (χ0) is 42.2. The number of carbonyl (C=O) groups is 4. The monoisotopic (exact) mass is 834 g/mol. The standard InChI is InChI=1S/C39H44F6N8O4S/c1-37(2)35(57)52(27-11-7-24(19-46)29(18-27)38(40,41)42)36(58)53(37)26-9-5-23(6-10-26)4-3-15-50-16-17-51(31(21-50)39(43,44)45)22-33(55)48-25-8-13-30(47-20-25)28-12-14-32(54)49-34(28)56/h7-8,11,13,18,20,23,26,28,31H,3-6,9-10,12,14-17,21-22H2,1-2H3,(H,48,55)(H,49,54,56)/t23-,26-,28?,31-/m1/s1. The number of amides is 4. The number of benzene rings is 1. The number of nitrogens with one attached hydrogen (secondary N) is 2. The average molecular weight is 835 g/mol. The lowest BCUT2D eigenvalue weighted by atomic mass is 9.82. The number of piperazine rings is 1. The molecule has 58 heavy (non-hydrogen) atoms. The van der Waals surface area contributed by atoms with E-state index in [1.807, 2.05) is 0 Å². The van der Waals surface area contributed by atoms with Crippen molar-refractivity contribution in [1.82, 2.24) is 25.0 Å². The molecule has 2 N–H and O–H groups in total. The van der Waals surface area contributed by atoms with Crippen molar-refractivity contribution < 1.29 is 45.5 Å². The van der Waals surface area contributed by atoms with Crippen LogP contribution in [0.1, 0.15) is 88.0 Å². The van der Waals surface area contributed by atoms with E-state index in [0.29, 0.717) is 50.4 Å². The molecule has 1 aromatic carbocycles. The number of aromatic nitrogens is 1. The predicted molar refractivity (Wildman–Crippen MR) is 203 cm³/mol. The molecule has 1 unspecified atom stereocenters. The van der Waals surface area contributed by atoms with Gasteiger partial charge in [0.2, 0.25) is 17.7 Å². The maximum absolute atomic E-state index is 14.3. The fourth-order valence-electron chi connectivity index (χ4n) is 8.58. The van der Waals surface area contributed by atoms with Gasteiger partial charge in [-0.2, -0.15) is 31.6 Å². The minimum absolute atomic E-state index is 0.0384. The van der Waals surface area contributed by atoms with E-state index in [1.54, 1.807) is 35.8 Å². The SMILES string of the molecule is CC1(C)C(=O)N(c2ccc(C#N)c(C(F)(F)F)c2)C(=S)N1[C@H]1CC[C@H](CCCN2CCN(CC(=O)Nc3ccc(C4CCC(=O)NC4=O)nc3)[C@@H](C(F)(F)F)C2)CC1. The van der Waals surface area contributed by atoms with Crippen LogP contribution >= 0.6 is 12.2 Å². The first-order chi connectivity index (χ1) is 27.3. The van der Waals surface area contributed by atoms with Gasteiger partial charge in [0.1, 0.15) is 11.6 Å². The molecule has 4 aliphatic rings. The first-order valence-corrected chi connectivity index (χ1v) is 19.6. The van der Waals surface area contributed by atoms with Gasteiger partial charge in [0.25, 0.3) is 5.91 Å². The third-order valence-corrected chi connectivity index (χ3v) is 12.0. The van der Waals surface area contributed by atoms with Crippen LogP contribution in [0.4, 0.5) is 37.7 Å². The van der Waals surface area contributed by atoms with Crippen LogP contribution in [0.3, 0.4) is 0 Å². The van der Waals surface area contributed by atoms with Gasteiger partial charge in [-0.15, -0.1) is 0 Å². The minimum Gasteiger partial charge on any atom is -0.331 e. The van der Waals surface area contributed by atoms with E-state index in [-0.39, 0.29) is 47.9 Å². The highest BCUT2D eigenvalue weighted by molar-refractivity contribution is 7.80. The number of imide groups is 1. The zero-order valence-corrected chi connectivity index (χ0v) is 32.8. The van der Waals surface area contributed by atoms with Crippen LogP contribution in [-0.2, 0) is 25.4 Å². The summed E-state index contributed by atoms with van der Waals surface area (Å²) in [5.74, 6) is -2.22. The van der Waals surface area contributed by atoms with E-state index in [0.717, 1.165) is 41.2 Å². The fraction of sp³-hybridized carbons (Fsp3) is 0.564. The number of hydrogen-bond acceptors (Lipinski definition) is 9. The second-order valence-electron chi connectivity index (χ2n) is 15.9. The number of halogens is 6. The van der Waals surface area contributed by atoms with Gasteiger partial charge < -0.3 is 15.1 Å². The van der Waals surface area contributed by atoms with Crippen molar-refractivity contribution in [3.05, 3.63) is 53.3 Å². The molecule has 1 saturated carbocycles. The lowest BCUT2D eigenvalue weighted by Crippen LogP contribution is -2.60. The van der Waals surface area contributed by atoms with Gasteiger partial charge in [-0.05, 0) is 114 Å². The van der Waals surface area contributed by atoms with Crippen LogP contribution in [0, 0.1) is 17.2 Å². The number of nitriles is 1. The van der Waals surface area contributed by atoms with E-state index in [4.69, 9.17) is 12.2 Å². The van der Waals surface area contributed by atoms with Crippen molar-refractivity contribution >= 4 is 52.3 Å². The summed E-state index contributed by atoms with van der Waals surface area (Å²) < 4.78 is 83.9. The molecule has 2 atom stereocenters. The summed E-state index contributed by atoms with van der Waals surface area (Å²) in [7, 11) is 0. The fourth-order valence-corrected chi connectivity index (χ4v) is 9.14. The third kappa shape index (κ3) is 9.29. The number of hydrogen-bond donors (Lipinski definition) is 2. The Hall–Kier alpha value is -4.67. The first-order valence-electron chi connectivity index (χ1n) is 19.2. The second kappa shape index (κ2) is 16.9. The maximum Gasteiger partial charge on any atom is 0.417 e. The van der Waals surface area contributed by atoms with Gasteiger partial charge in [-0.1, -0.05) is 0 Å². The van der Waals surface area contributed by atoms with Crippen molar-refractivity contribution in [3.63, 3.8) is 0 Å². The molecule has 19 heteroatoms. The topological polar surface area (TPSA) is 142 Å². The summed E-state index contributed by atoms with van der Waals surface area (Å²) in [5, 5.41) is 14.1. The Bertz CT molecular complexity index is 1960. The lowest BCUT2D eigenvalue weighted by molar-refractivity contribution is -0.197. The molecule has 4 heterocycles. The molecular weight excluding hydrogens is 791 g/mol. The van der Waals surface area contributed by atoms with E-state index >= 15 is 0 Å². The minimum atomic E-state index is -4.80. The molecule has 0 bridgehead atoms. The number of alkyl halides is 6. The molecule has 3 aliphatic heterocycles. The molecular formula is C39H44F6N8O4S. The predicted octanol–water partition coefficient (Wildman–Crippen LogP) is 5.73. The number of pyridine rings is 1. The molecule has 0 radical (unpaired) electrons. The summed E-state index contributed by atoms with van der Waals surface area (Å²) in [6, 6.07) is 5.72. The molecule has 2 aromatic rings. The van der Waals surface area contributed by atoms with E-state index in [2.05, 4.69) is 15.6 Å². The summed E-state index contributed by atoms with van der Waals surface area (Å²) in [5.41, 5.74) is -2.20. The number of rotatable bonds is 10. The van der Waals surface area contributed by atoms with Crippen LogP contribution in [0.15, 0.2) is 36.5 Å². The quantitative estimate of drug-likeness (QED) is 0.173. The number of carbonyl (C=O) groups excluding carboxylic acids is 4. The molecule has 6 rings (SSSR count). The summed E-state index contributed by atoms with van der Waals surface area (Å²) in [6.45, 7) is 3.47. The molecule has 3 saturated heterocycles. The van der Waals surface area contributed by atoms with Gasteiger partial charge in [0.15, 0.2) is 5.11 Å². The Morgan fingerprint density at radius 2 is 1.76 bits per heavy atom. The van der Waals surface area contributed by atoms with Gasteiger partial charge in [-0.3, -0.25) is 39.3 Å². The Labute approximate surface area is 336 Å². The molecule has 4 fully saturated rings. The molecule has 0 spiro atoms. The molecule has 1 aromatic heterocycles. The number of piperidine rings is 1. The van der Waals surface area contributed by atoms with Crippen molar-refractivity contribution in [1.29, 1.82) is 5.26 Å². The molecule has 1 aliphatic carbocycles. The molecule has 4 amide bonds. The van der Waals surface area contributed by atoms with Crippen LogP contribution in [0.25, 0.3) is 0 Å².